The van der Waals surface area contributed by atoms with Gasteiger partial charge in [0, 0.05) is 31.0 Å². The first-order chi connectivity index (χ1) is 12.0. The Morgan fingerprint density at radius 3 is 2.56 bits per heavy atom. The summed E-state index contributed by atoms with van der Waals surface area (Å²) in [7, 11) is 0. The number of hydrogen-bond acceptors (Lipinski definition) is 4. The van der Waals surface area contributed by atoms with Crippen LogP contribution in [0.1, 0.15) is 34.9 Å². The summed E-state index contributed by atoms with van der Waals surface area (Å²) in [5, 5.41) is 13.4. The van der Waals surface area contributed by atoms with E-state index in [1.54, 1.807) is 4.90 Å². The lowest BCUT2D eigenvalue weighted by Crippen LogP contribution is -2.30. The maximum Gasteiger partial charge on any atom is 0.308 e. The molecule has 0 unspecified atom stereocenters. The van der Waals surface area contributed by atoms with E-state index in [9.17, 15) is 14.7 Å². The predicted octanol–water partition coefficient (Wildman–Crippen LogP) is 2.55. The molecule has 1 amide bonds. The highest BCUT2D eigenvalue weighted by molar-refractivity contribution is 5.80. The number of carbonyl (C=O) groups excluding carboxylic acids is 1. The van der Waals surface area contributed by atoms with Gasteiger partial charge < -0.3 is 14.5 Å². The molecule has 2 atom stereocenters. The standard InChI is InChI=1S/C19H22N2O4/c1-12-15(13(2)25-20-12)8-9-18(22)21-10-16(17(11-21)19(23)24)14-6-4-3-5-7-14/h3-7,16-17H,8-11H2,1-2H3,(H,23,24)/t16-,17-/m0/s1. The maximum atomic E-state index is 12.6. The number of carboxylic acid groups (broad SMARTS) is 1. The minimum absolute atomic E-state index is 0.0234. The van der Waals surface area contributed by atoms with Crippen molar-refractivity contribution in [3.63, 3.8) is 0 Å². The van der Waals surface area contributed by atoms with Crippen molar-refractivity contribution in [1.82, 2.24) is 10.1 Å². The molecule has 1 N–H and O–H groups in total. The number of benzene rings is 1. The van der Waals surface area contributed by atoms with Gasteiger partial charge in [-0.05, 0) is 25.8 Å². The number of nitrogens with zero attached hydrogens (tertiary/aromatic N) is 2. The lowest BCUT2D eigenvalue weighted by Gasteiger charge is -2.16. The van der Waals surface area contributed by atoms with Crippen LogP contribution in [0.2, 0.25) is 0 Å². The molecule has 0 aliphatic carbocycles. The molecule has 0 radical (unpaired) electrons. The summed E-state index contributed by atoms with van der Waals surface area (Å²) in [6.45, 7) is 4.40. The fraction of sp³-hybridized carbons (Fsp3) is 0.421. The van der Waals surface area contributed by atoms with Gasteiger partial charge in [-0.2, -0.15) is 0 Å². The van der Waals surface area contributed by atoms with Crippen LogP contribution in [-0.4, -0.2) is 40.1 Å². The van der Waals surface area contributed by atoms with Gasteiger partial charge in [0.1, 0.15) is 5.76 Å². The monoisotopic (exact) mass is 342 g/mol. The minimum Gasteiger partial charge on any atom is -0.481 e. The molecule has 1 aliphatic heterocycles. The molecule has 6 nitrogen and oxygen atoms in total. The highest BCUT2D eigenvalue weighted by Crippen LogP contribution is 2.33. The summed E-state index contributed by atoms with van der Waals surface area (Å²) in [5.74, 6) is -0.871. The smallest absolute Gasteiger partial charge is 0.308 e. The van der Waals surface area contributed by atoms with Crippen LogP contribution in [0, 0.1) is 19.8 Å². The molecule has 0 saturated carbocycles. The van der Waals surface area contributed by atoms with Crippen LogP contribution in [-0.2, 0) is 16.0 Å². The summed E-state index contributed by atoms with van der Waals surface area (Å²) in [5.41, 5.74) is 2.73. The van der Waals surface area contributed by atoms with Gasteiger partial charge in [-0.25, -0.2) is 0 Å². The van der Waals surface area contributed by atoms with Crippen LogP contribution in [0.5, 0.6) is 0 Å². The SMILES string of the molecule is Cc1noc(C)c1CCC(=O)N1C[C@H](C(=O)O)[C@H](c2ccccc2)C1. The van der Waals surface area contributed by atoms with Crippen LogP contribution < -0.4 is 0 Å². The molecular weight excluding hydrogens is 320 g/mol. The molecule has 0 bridgehead atoms. The molecule has 3 rings (SSSR count). The largest absolute Gasteiger partial charge is 0.481 e. The molecule has 2 heterocycles. The van der Waals surface area contributed by atoms with Gasteiger partial charge in [-0.3, -0.25) is 9.59 Å². The molecule has 132 valence electrons. The lowest BCUT2D eigenvalue weighted by molar-refractivity contribution is -0.141. The summed E-state index contributed by atoms with van der Waals surface area (Å²) in [4.78, 5) is 25.9. The number of hydrogen-bond donors (Lipinski definition) is 1. The van der Waals surface area contributed by atoms with E-state index >= 15 is 0 Å². The first kappa shape index (κ1) is 17.2. The Morgan fingerprint density at radius 1 is 1.24 bits per heavy atom. The zero-order chi connectivity index (χ0) is 18.0. The van der Waals surface area contributed by atoms with Gasteiger partial charge in [-0.1, -0.05) is 35.5 Å². The first-order valence-electron chi connectivity index (χ1n) is 8.44. The predicted molar refractivity (Wildman–Crippen MR) is 91.2 cm³/mol. The van der Waals surface area contributed by atoms with Crippen molar-refractivity contribution in [2.75, 3.05) is 13.1 Å². The van der Waals surface area contributed by atoms with Crippen LogP contribution in [0.4, 0.5) is 0 Å². The molecular formula is C19H22N2O4. The van der Waals surface area contributed by atoms with E-state index in [1.165, 1.54) is 0 Å². The summed E-state index contributed by atoms with van der Waals surface area (Å²) < 4.78 is 5.12. The van der Waals surface area contributed by atoms with Crippen molar-refractivity contribution in [3.05, 3.63) is 52.9 Å². The number of rotatable bonds is 5. The maximum absolute atomic E-state index is 12.6. The molecule has 1 fully saturated rings. The quantitative estimate of drug-likeness (QED) is 0.903. The number of carbonyl (C=O) groups is 2. The van der Waals surface area contributed by atoms with Crippen molar-refractivity contribution in [2.45, 2.75) is 32.6 Å². The van der Waals surface area contributed by atoms with Crippen LogP contribution >= 0.6 is 0 Å². The van der Waals surface area contributed by atoms with Crippen LogP contribution in [0.15, 0.2) is 34.9 Å². The number of amides is 1. The van der Waals surface area contributed by atoms with E-state index in [0.717, 1.165) is 22.6 Å². The summed E-state index contributed by atoms with van der Waals surface area (Å²) >= 11 is 0. The first-order valence-corrected chi connectivity index (χ1v) is 8.44. The minimum atomic E-state index is -0.852. The Morgan fingerprint density at radius 2 is 1.96 bits per heavy atom. The Bertz CT molecular complexity index is 749. The molecule has 1 aromatic heterocycles. The van der Waals surface area contributed by atoms with Crippen molar-refractivity contribution in [2.24, 2.45) is 5.92 Å². The molecule has 1 aliphatic rings. The number of aromatic nitrogens is 1. The lowest BCUT2D eigenvalue weighted by atomic mass is 9.89. The molecule has 2 aromatic rings. The Balaban J connectivity index is 1.68. The highest BCUT2D eigenvalue weighted by atomic mass is 16.5. The second-order valence-electron chi connectivity index (χ2n) is 6.56. The van der Waals surface area contributed by atoms with E-state index < -0.39 is 11.9 Å². The van der Waals surface area contributed by atoms with Gasteiger partial charge in [0.2, 0.25) is 5.91 Å². The average Bonchev–Trinajstić information content (AvgIpc) is 3.18. The summed E-state index contributed by atoms with van der Waals surface area (Å²) in [6, 6.07) is 9.56. The number of carboxylic acids is 1. The Labute approximate surface area is 146 Å². The zero-order valence-electron chi connectivity index (χ0n) is 14.4. The number of aliphatic carboxylic acids is 1. The Hall–Kier alpha value is -2.63. The summed E-state index contributed by atoms with van der Waals surface area (Å²) in [6.07, 6.45) is 0.890. The average molecular weight is 342 g/mol. The van der Waals surface area contributed by atoms with Crippen molar-refractivity contribution in [1.29, 1.82) is 0 Å². The molecule has 1 saturated heterocycles. The highest BCUT2D eigenvalue weighted by Gasteiger charge is 2.40. The van der Waals surface area contributed by atoms with Crippen molar-refractivity contribution < 1.29 is 19.2 Å². The van der Waals surface area contributed by atoms with E-state index in [1.807, 2.05) is 44.2 Å². The second kappa shape index (κ2) is 7.09. The number of likely N-dealkylation sites (tertiary alicyclic amines) is 1. The van der Waals surface area contributed by atoms with Gasteiger partial charge in [0.25, 0.3) is 0 Å². The third-order valence-electron chi connectivity index (χ3n) is 4.99. The molecule has 0 spiro atoms. The Kier molecular flexibility index (Phi) is 4.88. The molecule has 25 heavy (non-hydrogen) atoms. The fourth-order valence-electron chi connectivity index (χ4n) is 3.54. The van der Waals surface area contributed by atoms with Crippen molar-refractivity contribution in [3.8, 4) is 0 Å². The van der Waals surface area contributed by atoms with Gasteiger partial charge in [-0.15, -0.1) is 0 Å². The zero-order valence-corrected chi connectivity index (χ0v) is 14.4. The van der Waals surface area contributed by atoms with Crippen LogP contribution in [0.3, 0.4) is 0 Å². The van der Waals surface area contributed by atoms with Gasteiger partial charge in [0.05, 0.1) is 11.6 Å². The fourth-order valence-corrected chi connectivity index (χ4v) is 3.54. The second-order valence-corrected chi connectivity index (χ2v) is 6.56. The van der Waals surface area contributed by atoms with E-state index in [0.29, 0.717) is 19.4 Å². The number of aryl methyl sites for hydroxylation is 2. The van der Waals surface area contributed by atoms with Crippen LogP contribution in [0.25, 0.3) is 0 Å². The van der Waals surface area contributed by atoms with Gasteiger partial charge >= 0.3 is 5.97 Å². The van der Waals surface area contributed by atoms with Gasteiger partial charge in [0.15, 0.2) is 0 Å². The van der Waals surface area contributed by atoms with E-state index in [2.05, 4.69) is 5.16 Å². The third kappa shape index (κ3) is 3.57. The van der Waals surface area contributed by atoms with Crippen molar-refractivity contribution >= 4 is 11.9 Å². The van der Waals surface area contributed by atoms with E-state index in [-0.39, 0.29) is 18.4 Å². The molecule has 6 heteroatoms. The third-order valence-corrected chi connectivity index (χ3v) is 4.99. The molecule has 1 aromatic carbocycles. The van der Waals surface area contributed by atoms with E-state index in [4.69, 9.17) is 4.52 Å². The normalized spacial score (nSPS) is 20.0. The topological polar surface area (TPSA) is 83.6 Å².